The Labute approximate surface area is 108 Å². The molecule has 0 spiro atoms. The Hall–Kier alpha value is -1.80. The van der Waals surface area contributed by atoms with Gasteiger partial charge in [0.25, 0.3) is 0 Å². The second-order valence-corrected chi connectivity index (χ2v) is 4.67. The lowest BCUT2D eigenvalue weighted by atomic mass is 10.1. The molecule has 0 aromatic heterocycles. The molecule has 0 aliphatic heterocycles. The van der Waals surface area contributed by atoms with Crippen LogP contribution < -0.4 is 10.5 Å². The van der Waals surface area contributed by atoms with Crippen LogP contribution in [0.25, 0.3) is 0 Å². The van der Waals surface area contributed by atoms with Crippen molar-refractivity contribution in [3.63, 3.8) is 0 Å². The lowest BCUT2D eigenvalue weighted by molar-refractivity contribution is 0.475. The first-order valence-corrected chi connectivity index (χ1v) is 6.15. The largest absolute Gasteiger partial charge is 0.457 e. The average Bonchev–Trinajstić information content (AvgIpc) is 2.34. The standard InChI is InChI=1S/C16H19NO/c1-11-4-6-15(12(2)8-11)18-16-7-5-14(10-17)9-13(16)3/h4-9H,10,17H2,1-3H3. The van der Waals surface area contributed by atoms with Crippen molar-refractivity contribution in [3.05, 3.63) is 58.7 Å². The summed E-state index contributed by atoms with van der Waals surface area (Å²) in [7, 11) is 0. The van der Waals surface area contributed by atoms with Crippen molar-refractivity contribution in [1.82, 2.24) is 0 Å². The van der Waals surface area contributed by atoms with E-state index in [0.29, 0.717) is 6.54 Å². The van der Waals surface area contributed by atoms with E-state index in [2.05, 4.69) is 32.0 Å². The van der Waals surface area contributed by atoms with E-state index in [4.69, 9.17) is 10.5 Å². The maximum atomic E-state index is 5.95. The van der Waals surface area contributed by atoms with Gasteiger partial charge in [-0.3, -0.25) is 0 Å². The van der Waals surface area contributed by atoms with E-state index in [0.717, 1.165) is 28.2 Å². The molecule has 0 saturated heterocycles. The van der Waals surface area contributed by atoms with Crippen molar-refractivity contribution >= 4 is 0 Å². The highest BCUT2D eigenvalue weighted by molar-refractivity contribution is 5.43. The van der Waals surface area contributed by atoms with Crippen LogP contribution >= 0.6 is 0 Å². The third kappa shape index (κ3) is 2.71. The molecule has 0 amide bonds. The molecule has 0 heterocycles. The number of rotatable bonds is 3. The summed E-state index contributed by atoms with van der Waals surface area (Å²) >= 11 is 0. The fourth-order valence-electron chi connectivity index (χ4n) is 1.99. The van der Waals surface area contributed by atoms with Crippen LogP contribution in [0.3, 0.4) is 0 Å². The minimum Gasteiger partial charge on any atom is -0.457 e. The maximum absolute atomic E-state index is 5.95. The Morgan fingerprint density at radius 3 is 2.06 bits per heavy atom. The fraction of sp³-hybridized carbons (Fsp3) is 0.250. The molecule has 2 aromatic carbocycles. The predicted molar refractivity (Wildman–Crippen MR) is 75.1 cm³/mol. The van der Waals surface area contributed by atoms with Crippen molar-refractivity contribution in [2.45, 2.75) is 27.3 Å². The summed E-state index contributed by atoms with van der Waals surface area (Å²) in [4.78, 5) is 0. The number of nitrogens with two attached hydrogens (primary N) is 1. The Morgan fingerprint density at radius 2 is 1.50 bits per heavy atom. The van der Waals surface area contributed by atoms with Gasteiger partial charge in [0.1, 0.15) is 11.5 Å². The molecule has 2 nitrogen and oxygen atoms in total. The average molecular weight is 241 g/mol. The Bertz CT molecular complexity index is 561. The molecule has 18 heavy (non-hydrogen) atoms. The zero-order valence-corrected chi connectivity index (χ0v) is 11.2. The number of hydrogen-bond acceptors (Lipinski definition) is 2. The predicted octanol–water partition coefficient (Wildman–Crippen LogP) is 3.86. The highest BCUT2D eigenvalue weighted by Crippen LogP contribution is 2.28. The minimum atomic E-state index is 0.560. The Balaban J connectivity index is 2.28. The van der Waals surface area contributed by atoms with Crippen LogP contribution in [0.15, 0.2) is 36.4 Å². The molecule has 0 fully saturated rings. The molecule has 0 unspecified atom stereocenters. The normalized spacial score (nSPS) is 10.4. The van der Waals surface area contributed by atoms with Gasteiger partial charge in [0.05, 0.1) is 0 Å². The molecule has 0 saturated carbocycles. The van der Waals surface area contributed by atoms with E-state index in [-0.39, 0.29) is 0 Å². The zero-order chi connectivity index (χ0) is 13.1. The first-order chi connectivity index (χ1) is 8.60. The van der Waals surface area contributed by atoms with E-state index in [9.17, 15) is 0 Å². The highest BCUT2D eigenvalue weighted by atomic mass is 16.5. The summed E-state index contributed by atoms with van der Waals surface area (Å²) in [5.41, 5.74) is 10.3. The van der Waals surface area contributed by atoms with Gasteiger partial charge in [-0.1, -0.05) is 29.8 Å². The van der Waals surface area contributed by atoms with Gasteiger partial charge in [-0.05, 0) is 49.6 Å². The Kier molecular flexibility index (Phi) is 3.68. The van der Waals surface area contributed by atoms with Crippen molar-refractivity contribution in [2.24, 2.45) is 5.73 Å². The van der Waals surface area contributed by atoms with E-state index in [1.54, 1.807) is 0 Å². The highest BCUT2D eigenvalue weighted by Gasteiger charge is 2.05. The summed E-state index contributed by atoms with van der Waals surface area (Å²) in [5, 5.41) is 0. The minimum absolute atomic E-state index is 0.560. The van der Waals surface area contributed by atoms with Crippen LogP contribution in [0.2, 0.25) is 0 Å². The zero-order valence-electron chi connectivity index (χ0n) is 11.2. The monoisotopic (exact) mass is 241 g/mol. The molecule has 94 valence electrons. The smallest absolute Gasteiger partial charge is 0.130 e. The molecule has 0 aliphatic carbocycles. The lowest BCUT2D eigenvalue weighted by Crippen LogP contribution is -1.97. The first kappa shape index (κ1) is 12.7. The SMILES string of the molecule is Cc1ccc(Oc2ccc(CN)cc2C)c(C)c1. The van der Waals surface area contributed by atoms with Crippen LogP contribution in [-0.2, 0) is 6.54 Å². The third-order valence-electron chi connectivity index (χ3n) is 3.03. The van der Waals surface area contributed by atoms with Crippen LogP contribution in [0, 0.1) is 20.8 Å². The molecular formula is C16H19NO. The number of ether oxygens (including phenoxy) is 1. The molecule has 2 heteroatoms. The molecule has 2 N–H and O–H groups in total. The van der Waals surface area contributed by atoms with E-state index in [1.807, 2.05) is 25.1 Å². The molecule has 0 radical (unpaired) electrons. The summed E-state index contributed by atoms with van der Waals surface area (Å²) in [6.07, 6.45) is 0. The van der Waals surface area contributed by atoms with Crippen LogP contribution in [0.4, 0.5) is 0 Å². The van der Waals surface area contributed by atoms with Crippen molar-refractivity contribution in [1.29, 1.82) is 0 Å². The summed E-state index contributed by atoms with van der Waals surface area (Å²) in [6, 6.07) is 12.3. The third-order valence-corrected chi connectivity index (χ3v) is 3.03. The second kappa shape index (κ2) is 5.23. The Morgan fingerprint density at radius 1 is 0.889 bits per heavy atom. The van der Waals surface area contributed by atoms with Gasteiger partial charge in [0.15, 0.2) is 0 Å². The van der Waals surface area contributed by atoms with Gasteiger partial charge in [-0.15, -0.1) is 0 Å². The van der Waals surface area contributed by atoms with Crippen LogP contribution in [-0.4, -0.2) is 0 Å². The summed E-state index contributed by atoms with van der Waals surface area (Å²) in [5.74, 6) is 1.79. The maximum Gasteiger partial charge on any atom is 0.130 e. The van der Waals surface area contributed by atoms with Gasteiger partial charge in [0, 0.05) is 6.54 Å². The van der Waals surface area contributed by atoms with Crippen molar-refractivity contribution in [3.8, 4) is 11.5 Å². The molecule has 0 atom stereocenters. The van der Waals surface area contributed by atoms with E-state index in [1.165, 1.54) is 5.56 Å². The van der Waals surface area contributed by atoms with Crippen molar-refractivity contribution < 1.29 is 4.74 Å². The topological polar surface area (TPSA) is 35.2 Å². The second-order valence-electron chi connectivity index (χ2n) is 4.67. The van der Waals surface area contributed by atoms with Crippen LogP contribution in [0.5, 0.6) is 11.5 Å². The van der Waals surface area contributed by atoms with E-state index < -0.39 is 0 Å². The van der Waals surface area contributed by atoms with Gasteiger partial charge in [-0.2, -0.15) is 0 Å². The van der Waals surface area contributed by atoms with Gasteiger partial charge in [-0.25, -0.2) is 0 Å². The molecule has 0 aliphatic rings. The van der Waals surface area contributed by atoms with Crippen molar-refractivity contribution in [2.75, 3.05) is 0 Å². The number of benzene rings is 2. The van der Waals surface area contributed by atoms with Gasteiger partial charge >= 0.3 is 0 Å². The first-order valence-electron chi connectivity index (χ1n) is 6.15. The number of aryl methyl sites for hydroxylation is 3. The molecule has 0 bridgehead atoms. The molecule has 2 aromatic rings. The fourth-order valence-corrected chi connectivity index (χ4v) is 1.99. The lowest BCUT2D eigenvalue weighted by Gasteiger charge is -2.12. The molecule has 2 rings (SSSR count). The van der Waals surface area contributed by atoms with Crippen LogP contribution in [0.1, 0.15) is 22.3 Å². The van der Waals surface area contributed by atoms with Gasteiger partial charge < -0.3 is 10.5 Å². The molecular weight excluding hydrogens is 222 g/mol. The summed E-state index contributed by atoms with van der Waals surface area (Å²) in [6.45, 7) is 6.74. The number of hydrogen-bond donors (Lipinski definition) is 1. The quantitative estimate of drug-likeness (QED) is 0.885. The summed E-state index contributed by atoms with van der Waals surface area (Å²) < 4.78 is 5.95. The van der Waals surface area contributed by atoms with E-state index >= 15 is 0 Å². The van der Waals surface area contributed by atoms with Gasteiger partial charge in [0.2, 0.25) is 0 Å².